The molecule has 3 rings (SSSR count). The van der Waals surface area contributed by atoms with Gasteiger partial charge in [-0.1, -0.05) is 30.0 Å². The summed E-state index contributed by atoms with van der Waals surface area (Å²) >= 11 is 1.75. The lowest BCUT2D eigenvalue weighted by atomic mass is 10.2. The first-order valence-corrected chi connectivity index (χ1v) is 6.81. The molecule has 0 spiro atoms. The molecule has 0 saturated heterocycles. The number of pyridine rings is 1. The van der Waals surface area contributed by atoms with Gasteiger partial charge in [0.2, 0.25) is 0 Å². The number of thioether (sulfide) groups is 1. The summed E-state index contributed by atoms with van der Waals surface area (Å²) in [5.74, 6) is 0.984. The van der Waals surface area contributed by atoms with Gasteiger partial charge < -0.3 is 5.32 Å². The molecule has 18 heavy (non-hydrogen) atoms. The molecule has 2 aromatic rings. The molecule has 1 N–H and O–H groups in total. The van der Waals surface area contributed by atoms with Crippen LogP contribution in [0.25, 0.3) is 0 Å². The molecule has 1 aromatic heterocycles. The van der Waals surface area contributed by atoms with Crippen molar-refractivity contribution in [3.63, 3.8) is 0 Å². The number of fused-ring (bicyclic) bond motifs is 1. The summed E-state index contributed by atoms with van der Waals surface area (Å²) in [4.78, 5) is 8.59. The zero-order valence-electron chi connectivity index (χ0n) is 9.84. The number of nitrogens with zero attached hydrogens (tertiary/aromatic N) is 2. The van der Waals surface area contributed by atoms with Gasteiger partial charge in [-0.05, 0) is 29.3 Å². The predicted molar refractivity (Wildman–Crippen MR) is 76.7 cm³/mol. The highest BCUT2D eigenvalue weighted by Gasteiger charge is 2.12. The number of nitrogens with one attached hydrogen (secondary N) is 1. The Morgan fingerprint density at radius 1 is 1.17 bits per heavy atom. The van der Waals surface area contributed by atoms with Gasteiger partial charge in [-0.3, -0.25) is 9.98 Å². The molecule has 1 aliphatic heterocycles. The van der Waals surface area contributed by atoms with Crippen LogP contribution in [0.2, 0.25) is 0 Å². The minimum atomic E-state index is 0.694. The molecule has 0 fully saturated rings. The first-order chi connectivity index (χ1) is 8.92. The van der Waals surface area contributed by atoms with Gasteiger partial charge in [0.1, 0.15) is 0 Å². The van der Waals surface area contributed by atoms with Crippen molar-refractivity contribution in [3.8, 4) is 0 Å². The maximum absolute atomic E-state index is 4.59. The largest absolute Gasteiger partial charge is 0.335 e. The number of benzene rings is 1. The van der Waals surface area contributed by atoms with Gasteiger partial charge in [-0.15, -0.1) is 0 Å². The van der Waals surface area contributed by atoms with Gasteiger partial charge in [0.25, 0.3) is 0 Å². The van der Waals surface area contributed by atoms with Crippen LogP contribution in [-0.4, -0.2) is 10.2 Å². The fourth-order valence-electron chi connectivity index (χ4n) is 1.80. The second-order valence-corrected chi connectivity index (χ2v) is 5.01. The summed E-state index contributed by atoms with van der Waals surface area (Å²) in [6.07, 6.45) is 3.60. The highest BCUT2D eigenvalue weighted by Crippen LogP contribution is 2.28. The van der Waals surface area contributed by atoms with E-state index < -0.39 is 0 Å². The van der Waals surface area contributed by atoms with Gasteiger partial charge in [0.05, 0.1) is 6.54 Å². The van der Waals surface area contributed by atoms with Crippen molar-refractivity contribution in [2.45, 2.75) is 12.3 Å². The first-order valence-electron chi connectivity index (χ1n) is 5.83. The standard InChI is InChI=1S/C14H13N3S/c1-2-4-13-12(3-1)10-18-14(17-13)16-9-11-5-7-15-8-6-11/h1-8H,9-10H2,(H,16,17). The number of anilines is 1. The van der Waals surface area contributed by atoms with E-state index in [9.17, 15) is 0 Å². The predicted octanol–water partition coefficient (Wildman–Crippen LogP) is 3.30. The Kier molecular flexibility index (Phi) is 3.28. The van der Waals surface area contributed by atoms with E-state index in [1.54, 1.807) is 24.2 Å². The molecule has 0 bridgehead atoms. The van der Waals surface area contributed by atoms with E-state index in [1.165, 1.54) is 16.8 Å². The van der Waals surface area contributed by atoms with Crippen LogP contribution in [-0.2, 0) is 12.3 Å². The first kappa shape index (κ1) is 11.3. The lowest BCUT2D eigenvalue weighted by Crippen LogP contribution is -2.14. The van der Waals surface area contributed by atoms with E-state index >= 15 is 0 Å². The number of hydrogen-bond acceptors (Lipinski definition) is 3. The third-order valence-electron chi connectivity index (χ3n) is 2.78. The van der Waals surface area contributed by atoms with E-state index in [2.05, 4.69) is 33.5 Å². The summed E-state index contributed by atoms with van der Waals surface area (Å²) < 4.78 is 0. The second-order valence-electron chi connectivity index (χ2n) is 4.05. The average Bonchev–Trinajstić information content (AvgIpc) is 2.46. The molecule has 90 valence electrons. The minimum Gasteiger partial charge on any atom is -0.335 e. The molecule has 0 radical (unpaired) electrons. The van der Waals surface area contributed by atoms with Crippen LogP contribution in [0.1, 0.15) is 11.1 Å². The Hall–Kier alpha value is -1.81. The van der Waals surface area contributed by atoms with E-state index in [-0.39, 0.29) is 0 Å². The SMILES string of the molecule is c1ccc2c(c1)CSC(=NCc1ccncc1)N2. The summed E-state index contributed by atoms with van der Waals surface area (Å²) in [7, 11) is 0. The topological polar surface area (TPSA) is 37.3 Å². The molecular formula is C14H13N3S. The summed E-state index contributed by atoms with van der Waals surface area (Å²) in [5, 5.41) is 4.36. The molecule has 1 aromatic carbocycles. The van der Waals surface area contributed by atoms with Crippen molar-refractivity contribution in [3.05, 3.63) is 59.9 Å². The number of hydrogen-bond donors (Lipinski definition) is 1. The van der Waals surface area contributed by atoms with Crippen molar-refractivity contribution in [2.75, 3.05) is 5.32 Å². The van der Waals surface area contributed by atoms with Crippen LogP contribution in [0, 0.1) is 0 Å². The number of aromatic nitrogens is 1. The monoisotopic (exact) mass is 255 g/mol. The Balaban J connectivity index is 1.72. The third kappa shape index (κ3) is 2.54. The van der Waals surface area contributed by atoms with E-state index in [0.29, 0.717) is 6.54 Å². The van der Waals surface area contributed by atoms with E-state index in [1.807, 2.05) is 18.2 Å². The van der Waals surface area contributed by atoms with E-state index in [4.69, 9.17) is 0 Å². The van der Waals surface area contributed by atoms with Gasteiger partial charge >= 0.3 is 0 Å². The van der Waals surface area contributed by atoms with Crippen LogP contribution in [0.3, 0.4) is 0 Å². The molecule has 1 aliphatic rings. The maximum atomic E-state index is 4.59. The molecule has 0 saturated carbocycles. The Labute approximate surface area is 110 Å². The van der Waals surface area contributed by atoms with E-state index in [0.717, 1.165) is 10.9 Å². The zero-order valence-corrected chi connectivity index (χ0v) is 10.7. The van der Waals surface area contributed by atoms with Gasteiger partial charge in [0.15, 0.2) is 5.17 Å². The molecular weight excluding hydrogens is 242 g/mol. The van der Waals surface area contributed by atoms with Crippen LogP contribution >= 0.6 is 11.8 Å². The molecule has 4 heteroatoms. The van der Waals surface area contributed by atoms with Crippen molar-refractivity contribution in [2.24, 2.45) is 4.99 Å². The maximum Gasteiger partial charge on any atom is 0.161 e. The minimum absolute atomic E-state index is 0.694. The molecule has 2 heterocycles. The van der Waals surface area contributed by atoms with Crippen molar-refractivity contribution >= 4 is 22.6 Å². The molecule has 0 unspecified atom stereocenters. The molecule has 3 nitrogen and oxygen atoms in total. The lowest BCUT2D eigenvalue weighted by Gasteiger charge is -2.18. The van der Waals surface area contributed by atoms with Crippen molar-refractivity contribution in [1.82, 2.24) is 4.98 Å². The lowest BCUT2D eigenvalue weighted by molar-refractivity contribution is 1.06. The molecule has 0 atom stereocenters. The summed E-state index contributed by atoms with van der Waals surface area (Å²) in [5.41, 5.74) is 3.69. The highest BCUT2D eigenvalue weighted by molar-refractivity contribution is 8.13. The number of para-hydroxylation sites is 1. The average molecular weight is 255 g/mol. The van der Waals surface area contributed by atoms with Gasteiger partial charge in [-0.2, -0.15) is 0 Å². The second kappa shape index (κ2) is 5.23. The molecule has 0 amide bonds. The van der Waals surface area contributed by atoms with Gasteiger partial charge in [-0.25, -0.2) is 0 Å². The molecule has 0 aliphatic carbocycles. The number of amidine groups is 1. The Bertz CT molecular complexity index is 566. The van der Waals surface area contributed by atoms with Crippen LogP contribution < -0.4 is 5.32 Å². The Morgan fingerprint density at radius 3 is 2.89 bits per heavy atom. The summed E-state index contributed by atoms with van der Waals surface area (Å²) in [6.45, 7) is 0.694. The highest BCUT2D eigenvalue weighted by atomic mass is 32.2. The smallest absolute Gasteiger partial charge is 0.161 e. The third-order valence-corrected chi connectivity index (χ3v) is 3.74. The number of rotatable bonds is 2. The van der Waals surface area contributed by atoms with Crippen LogP contribution in [0.5, 0.6) is 0 Å². The van der Waals surface area contributed by atoms with Crippen LogP contribution in [0.15, 0.2) is 53.8 Å². The van der Waals surface area contributed by atoms with Crippen LogP contribution in [0.4, 0.5) is 5.69 Å². The van der Waals surface area contributed by atoms with Crippen molar-refractivity contribution in [1.29, 1.82) is 0 Å². The van der Waals surface area contributed by atoms with Crippen molar-refractivity contribution < 1.29 is 0 Å². The summed E-state index contributed by atoms with van der Waals surface area (Å²) in [6, 6.07) is 12.3. The zero-order chi connectivity index (χ0) is 12.2. The normalized spacial score (nSPS) is 16.1. The fourth-order valence-corrected chi connectivity index (χ4v) is 2.68. The quantitative estimate of drug-likeness (QED) is 0.894. The van der Waals surface area contributed by atoms with Gasteiger partial charge in [0, 0.05) is 23.8 Å². The fraction of sp³-hybridized carbons (Fsp3) is 0.143. The number of aliphatic imine (C=N–C) groups is 1. The Morgan fingerprint density at radius 2 is 2.00 bits per heavy atom.